The third-order valence-corrected chi connectivity index (χ3v) is 3.31. The highest BCUT2D eigenvalue weighted by molar-refractivity contribution is 14.1. The zero-order chi connectivity index (χ0) is 13.8. The number of halogens is 1. The van der Waals surface area contributed by atoms with Crippen LogP contribution in [0.2, 0.25) is 0 Å². The molecule has 0 bridgehead atoms. The standard InChI is InChI=1S/C15H10INO2/c16-13-4-1-10(2-5-13)7-12(9-17)11-3-6-14(18)15(19)8-11/h1-8,18-19H. The summed E-state index contributed by atoms with van der Waals surface area (Å²) in [6.07, 6.45) is 1.74. The number of aromatic hydroxyl groups is 2. The minimum Gasteiger partial charge on any atom is -0.504 e. The molecule has 94 valence electrons. The third kappa shape index (κ3) is 3.26. The van der Waals surface area contributed by atoms with Gasteiger partial charge in [0.05, 0.1) is 11.6 Å². The number of nitrogens with zero attached hydrogens (tertiary/aromatic N) is 1. The fourth-order valence-electron chi connectivity index (χ4n) is 1.60. The first kappa shape index (κ1) is 13.4. The molecule has 0 heterocycles. The van der Waals surface area contributed by atoms with Gasteiger partial charge in [-0.05, 0) is 70.1 Å². The first-order chi connectivity index (χ1) is 9.10. The number of allylic oxidation sites excluding steroid dienone is 1. The Labute approximate surface area is 124 Å². The van der Waals surface area contributed by atoms with Crippen molar-refractivity contribution in [1.82, 2.24) is 0 Å². The molecule has 0 atom stereocenters. The minimum atomic E-state index is -0.235. The van der Waals surface area contributed by atoms with Crippen LogP contribution in [0.15, 0.2) is 42.5 Å². The summed E-state index contributed by atoms with van der Waals surface area (Å²) in [7, 11) is 0. The Morgan fingerprint density at radius 3 is 2.32 bits per heavy atom. The number of benzene rings is 2. The average molecular weight is 363 g/mol. The Bertz CT molecular complexity index is 670. The maximum Gasteiger partial charge on any atom is 0.158 e. The number of hydrogen-bond acceptors (Lipinski definition) is 3. The molecule has 0 radical (unpaired) electrons. The second-order valence-electron chi connectivity index (χ2n) is 3.92. The molecular formula is C15H10INO2. The van der Waals surface area contributed by atoms with Gasteiger partial charge in [0, 0.05) is 3.57 Å². The second-order valence-corrected chi connectivity index (χ2v) is 5.17. The molecular weight excluding hydrogens is 353 g/mol. The zero-order valence-electron chi connectivity index (χ0n) is 9.84. The molecule has 2 rings (SSSR count). The van der Waals surface area contributed by atoms with Crippen LogP contribution in [0.25, 0.3) is 11.6 Å². The van der Waals surface area contributed by atoms with Gasteiger partial charge in [0.1, 0.15) is 0 Å². The molecule has 0 aliphatic carbocycles. The summed E-state index contributed by atoms with van der Waals surface area (Å²) in [6, 6.07) is 14.2. The molecule has 0 unspecified atom stereocenters. The molecule has 0 saturated heterocycles. The van der Waals surface area contributed by atoms with E-state index in [0.29, 0.717) is 11.1 Å². The number of nitriles is 1. The summed E-state index contributed by atoms with van der Waals surface area (Å²) in [6.45, 7) is 0. The molecule has 0 aliphatic heterocycles. The Balaban J connectivity index is 2.42. The van der Waals surface area contributed by atoms with Crippen molar-refractivity contribution in [1.29, 1.82) is 5.26 Å². The van der Waals surface area contributed by atoms with E-state index < -0.39 is 0 Å². The zero-order valence-corrected chi connectivity index (χ0v) is 12.0. The van der Waals surface area contributed by atoms with E-state index in [9.17, 15) is 15.5 Å². The van der Waals surface area contributed by atoms with Gasteiger partial charge in [-0.1, -0.05) is 12.1 Å². The van der Waals surface area contributed by atoms with Gasteiger partial charge in [-0.2, -0.15) is 5.26 Å². The lowest BCUT2D eigenvalue weighted by Gasteiger charge is -2.02. The molecule has 2 N–H and O–H groups in total. The fraction of sp³-hybridized carbons (Fsp3) is 0. The van der Waals surface area contributed by atoms with Crippen LogP contribution in [0, 0.1) is 14.9 Å². The number of rotatable bonds is 2. The van der Waals surface area contributed by atoms with Crippen LogP contribution in [0.5, 0.6) is 11.5 Å². The summed E-state index contributed by atoms with van der Waals surface area (Å²) in [5, 5.41) is 27.9. The van der Waals surface area contributed by atoms with Gasteiger partial charge in [0.2, 0.25) is 0 Å². The normalized spacial score (nSPS) is 11.1. The average Bonchev–Trinajstić information content (AvgIpc) is 2.41. The summed E-state index contributed by atoms with van der Waals surface area (Å²) >= 11 is 2.21. The second kappa shape index (κ2) is 5.76. The SMILES string of the molecule is N#CC(=Cc1ccc(I)cc1)c1ccc(O)c(O)c1. The van der Waals surface area contributed by atoms with Crippen LogP contribution < -0.4 is 0 Å². The van der Waals surface area contributed by atoms with Gasteiger partial charge in [-0.3, -0.25) is 0 Å². The molecule has 0 fully saturated rings. The van der Waals surface area contributed by atoms with E-state index in [1.165, 1.54) is 12.1 Å². The molecule has 0 amide bonds. The van der Waals surface area contributed by atoms with Crippen molar-refractivity contribution >= 4 is 34.2 Å². The highest BCUT2D eigenvalue weighted by atomic mass is 127. The van der Waals surface area contributed by atoms with Crippen molar-refractivity contribution in [2.24, 2.45) is 0 Å². The van der Waals surface area contributed by atoms with Crippen molar-refractivity contribution in [2.75, 3.05) is 0 Å². The predicted octanol–water partition coefficient (Wildman–Crippen LogP) is 3.77. The number of phenolic OH excluding ortho intramolecular Hbond substituents is 2. The van der Waals surface area contributed by atoms with E-state index in [0.717, 1.165) is 9.13 Å². The van der Waals surface area contributed by atoms with Crippen LogP contribution in [0.3, 0.4) is 0 Å². The molecule has 0 saturated carbocycles. The van der Waals surface area contributed by atoms with E-state index in [4.69, 9.17) is 0 Å². The maximum absolute atomic E-state index is 9.46. The highest BCUT2D eigenvalue weighted by Crippen LogP contribution is 2.28. The van der Waals surface area contributed by atoms with E-state index in [1.807, 2.05) is 24.3 Å². The van der Waals surface area contributed by atoms with Crippen LogP contribution in [-0.2, 0) is 0 Å². The van der Waals surface area contributed by atoms with Crippen molar-refractivity contribution in [3.05, 3.63) is 57.2 Å². The van der Waals surface area contributed by atoms with Gasteiger partial charge in [0.25, 0.3) is 0 Å². The van der Waals surface area contributed by atoms with E-state index in [1.54, 1.807) is 12.1 Å². The first-order valence-electron chi connectivity index (χ1n) is 5.50. The number of phenols is 2. The smallest absolute Gasteiger partial charge is 0.158 e. The van der Waals surface area contributed by atoms with Gasteiger partial charge < -0.3 is 10.2 Å². The molecule has 19 heavy (non-hydrogen) atoms. The molecule has 2 aromatic rings. The molecule has 4 heteroatoms. The van der Waals surface area contributed by atoms with Crippen molar-refractivity contribution in [3.8, 4) is 17.6 Å². The molecule has 0 aliphatic rings. The summed E-state index contributed by atoms with van der Waals surface area (Å²) in [5.74, 6) is -0.434. The lowest BCUT2D eigenvalue weighted by Crippen LogP contribution is -1.83. The largest absolute Gasteiger partial charge is 0.504 e. The van der Waals surface area contributed by atoms with Gasteiger partial charge in [-0.25, -0.2) is 0 Å². The summed E-state index contributed by atoms with van der Waals surface area (Å²) in [4.78, 5) is 0. The Hall–Kier alpha value is -2.00. The predicted molar refractivity (Wildman–Crippen MR) is 82.4 cm³/mol. The van der Waals surface area contributed by atoms with Crippen LogP contribution >= 0.6 is 22.6 Å². The quantitative estimate of drug-likeness (QED) is 0.370. The monoisotopic (exact) mass is 363 g/mol. The third-order valence-electron chi connectivity index (χ3n) is 2.59. The Morgan fingerprint density at radius 1 is 1.05 bits per heavy atom. The molecule has 3 nitrogen and oxygen atoms in total. The number of hydrogen-bond donors (Lipinski definition) is 2. The van der Waals surface area contributed by atoms with E-state index >= 15 is 0 Å². The lowest BCUT2D eigenvalue weighted by molar-refractivity contribution is 0.403. The Morgan fingerprint density at radius 2 is 1.74 bits per heavy atom. The fourth-order valence-corrected chi connectivity index (χ4v) is 1.96. The Kier molecular flexibility index (Phi) is 4.07. The minimum absolute atomic E-state index is 0.199. The lowest BCUT2D eigenvalue weighted by atomic mass is 10.0. The highest BCUT2D eigenvalue weighted by Gasteiger charge is 2.05. The topological polar surface area (TPSA) is 64.2 Å². The van der Waals surface area contributed by atoms with Gasteiger partial charge in [0.15, 0.2) is 11.5 Å². The summed E-state index contributed by atoms with van der Waals surface area (Å²) in [5.41, 5.74) is 1.90. The van der Waals surface area contributed by atoms with E-state index in [-0.39, 0.29) is 11.5 Å². The maximum atomic E-state index is 9.46. The first-order valence-corrected chi connectivity index (χ1v) is 6.58. The van der Waals surface area contributed by atoms with Crippen molar-refractivity contribution in [2.45, 2.75) is 0 Å². The van der Waals surface area contributed by atoms with E-state index in [2.05, 4.69) is 28.7 Å². The van der Waals surface area contributed by atoms with Gasteiger partial charge >= 0.3 is 0 Å². The van der Waals surface area contributed by atoms with Crippen molar-refractivity contribution < 1.29 is 10.2 Å². The molecule has 0 spiro atoms. The molecule has 2 aromatic carbocycles. The molecule has 0 aromatic heterocycles. The summed E-state index contributed by atoms with van der Waals surface area (Å²) < 4.78 is 1.12. The van der Waals surface area contributed by atoms with Crippen molar-refractivity contribution in [3.63, 3.8) is 0 Å². The van der Waals surface area contributed by atoms with Crippen LogP contribution in [0.4, 0.5) is 0 Å². The van der Waals surface area contributed by atoms with Gasteiger partial charge in [-0.15, -0.1) is 0 Å². The van der Waals surface area contributed by atoms with Crippen LogP contribution in [-0.4, -0.2) is 10.2 Å². The van der Waals surface area contributed by atoms with Crippen LogP contribution in [0.1, 0.15) is 11.1 Å².